The fraction of sp³-hybridized carbons (Fsp3) is 0.125. The first kappa shape index (κ1) is 17.9. The molecule has 0 saturated heterocycles. The van der Waals surface area contributed by atoms with Crippen molar-refractivity contribution in [2.75, 3.05) is 13.3 Å². The van der Waals surface area contributed by atoms with E-state index in [4.69, 9.17) is 9.47 Å². The number of carbonyl (C=O) groups is 1. The van der Waals surface area contributed by atoms with Gasteiger partial charge >= 0.3 is 0 Å². The lowest BCUT2D eigenvalue weighted by Crippen LogP contribution is -2.27. The molecule has 0 aromatic heterocycles. The lowest BCUT2D eigenvalue weighted by molar-refractivity contribution is -0.116. The number of benzene rings is 3. The fourth-order valence-corrected chi connectivity index (χ4v) is 3.25. The van der Waals surface area contributed by atoms with Crippen molar-refractivity contribution in [3.05, 3.63) is 102 Å². The van der Waals surface area contributed by atoms with E-state index >= 15 is 0 Å². The Morgan fingerprint density at radius 1 is 0.893 bits per heavy atom. The second-order valence-electron chi connectivity index (χ2n) is 6.57. The molecule has 0 fully saturated rings. The number of ether oxygens (including phenoxy) is 2. The van der Waals surface area contributed by atoms with Gasteiger partial charge in [0.25, 0.3) is 0 Å². The Balaban J connectivity index is 1.43. The Morgan fingerprint density at radius 2 is 1.54 bits per heavy atom. The van der Waals surface area contributed by atoms with E-state index in [0.29, 0.717) is 12.3 Å². The molecule has 4 heteroatoms. The Morgan fingerprint density at radius 3 is 2.21 bits per heavy atom. The third-order valence-corrected chi connectivity index (χ3v) is 4.71. The molecule has 1 heterocycles. The number of hydrogen-bond donors (Lipinski definition) is 1. The van der Waals surface area contributed by atoms with Crippen LogP contribution in [-0.2, 0) is 4.79 Å². The van der Waals surface area contributed by atoms with Crippen molar-refractivity contribution in [1.82, 2.24) is 5.32 Å². The average Bonchev–Trinajstić information content (AvgIpc) is 3.22. The summed E-state index contributed by atoms with van der Waals surface area (Å²) in [6.07, 6.45) is 3.32. The Hall–Kier alpha value is -3.53. The highest BCUT2D eigenvalue weighted by Crippen LogP contribution is 2.32. The van der Waals surface area contributed by atoms with Gasteiger partial charge in [0.1, 0.15) is 0 Å². The molecule has 3 aromatic rings. The zero-order valence-electron chi connectivity index (χ0n) is 15.4. The van der Waals surface area contributed by atoms with Crippen LogP contribution in [-0.4, -0.2) is 19.2 Å². The molecule has 1 aliphatic rings. The SMILES string of the molecule is O=C(/C=C/c1ccc2c(c1)OCO2)NCC(c1ccccc1)c1ccccc1. The molecule has 0 saturated carbocycles. The molecule has 1 N–H and O–H groups in total. The number of carbonyl (C=O) groups excluding carboxylic acids is 1. The quantitative estimate of drug-likeness (QED) is 0.654. The smallest absolute Gasteiger partial charge is 0.244 e. The maximum Gasteiger partial charge on any atom is 0.244 e. The Kier molecular flexibility index (Phi) is 5.38. The van der Waals surface area contributed by atoms with E-state index in [1.807, 2.05) is 54.6 Å². The van der Waals surface area contributed by atoms with Crippen LogP contribution in [0.25, 0.3) is 6.08 Å². The predicted molar refractivity (Wildman–Crippen MR) is 109 cm³/mol. The number of fused-ring (bicyclic) bond motifs is 1. The van der Waals surface area contributed by atoms with Crippen molar-refractivity contribution in [3.8, 4) is 11.5 Å². The molecule has 0 spiro atoms. The first-order valence-corrected chi connectivity index (χ1v) is 9.25. The highest BCUT2D eigenvalue weighted by Gasteiger charge is 2.15. The van der Waals surface area contributed by atoms with Crippen molar-refractivity contribution < 1.29 is 14.3 Å². The van der Waals surface area contributed by atoms with Gasteiger partial charge in [-0.25, -0.2) is 0 Å². The molecule has 0 aliphatic carbocycles. The minimum atomic E-state index is -0.130. The average molecular weight is 371 g/mol. The summed E-state index contributed by atoms with van der Waals surface area (Å²) in [6.45, 7) is 0.766. The van der Waals surface area contributed by atoms with Gasteiger partial charge < -0.3 is 14.8 Å². The monoisotopic (exact) mass is 371 g/mol. The number of hydrogen-bond acceptors (Lipinski definition) is 3. The highest BCUT2D eigenvalue weighted by atomic mass is 16.7. The molecule has 0 unspecified atom stereocenters. The molecular formula is C24H21NO3. The lowest BCUT2D eigenvalue weighted by atomic mass is 9.91. The third kappa shape index (κ3) is 4.23. The minimum absolute atomic E-state index is 0.102. The van der Waals surface area contributed by atoms with Gasteiger partial charge in [-0.1, -0.05) is 66.7 Å². The van der Waals surface area contributed by atoms with Gasteiger partial charge in [-0.15, -0.1) is 0 Å². The van der Waals surface area contributed by atoms with E-state index in [1.165, 1.54) is 11.1 Å². The minimum Gasteiger partial charge on any atom is -0.454 e. The number of nitrogens with one attached hydrogen (secondary N) is 1. The van der Waals surface area contributed by atoms with Crippen molar-refractivity contribution in [2.24, 2.45) is 0 Å². The molecule has 140 valence electrons. The van der Waals surface area contributed by atoms with E-state index in [0.717, 1.165) is 11.3 Å². The highest BCUT2D eigenvalue weighted by molar-refractivity contribution is 5.91. The van der Waals surface area contributed by atoms with Gasteiger partial charge in [-0.3, -0.25) is 4.79 Å². The second kappa shape index (κ2) is 8.44. The summed E-state index contributed by atoms with van der Waals surface area (Å²) in [5.41, 5.74) is 3.24. The van der Waals surface area contributed by atoms with Gasteiger partial charge in [0.05, 0.1) is 0 Å². The molecule has 4 nitrogen and oxygen atoms in total. The molecule has 4 rings (SSSR count). The van der Waals surface area contributed by atoms with Gasteiger partial charge in [0.15, 0.2) is 11.5 Å². The third-order valence-electron chi connectivity index (χ3n) is 4.71. The van der Waals surface area contributed by atoms with Gasteiger partial charge in [-0.05, 0) is 34.9 Å². The van der Waals surface area contributed by atoms with Crippen LogP contribution in [0.3, 0.4) is 0 Å². The maximum atomic E-state index is 12.4. The fourth-order valence-electron chi connectivity index (χ4n) is 3.25. The molecule has 1 amide bonds. The Bertz CT molecular complexity index is 928. The van der Waals surface area contributed by atoms with E-state index in [1.54, 1.807) is 12.2 Å². The van der Waals surface area contributed by atoms with Crippen LogP contribution in [0, 0.1) is 0 Å². The largest absolute Gasteiger partial charge is 0.454 e. The summed E-state index contributed by atoms with van der Waals surface area (Å²) < 4.78 is 10.7. The molecule has 28 heavy (non-hydrogen) atoms. The molecule has 1 aliphatic heterocycles. The number of rotatable bonds is 6. The van der Waals surface area contributed by atoms with Crippen LogP contribution in [0.4, 0.5) is 0 Å². The summed E-state index contributed by atoms with van der Waals surface area (Å²) in [4.78, 5) is 12.4. The molecule has 0 atom stereocenters. The summed E-state index contributed by atoms with van der Waals surface area (Å²) in [6, 6.07) is 26.0. The second-order valence-corrected chi connectivity index (χ2v) is 6.57. The van der Waals surface area contributed by atoms with Crippen LogP contribution in [0.15, 0.2) is 84.9 Å². The number of amides is 1. The zero-order valence-corrected chi connectivity index (χ0v) is 15.4. The van der Waals surface area contributed by atoms with Crippen LogP contribution < -0.4 is 14.8 Å². The van der Waals surface area contributed by atoms with E-state index in [-0.39, 0.29) is 18.6 Å². The lowest BCUT2D eigenvalue weighted by Gasteiger charge is -2.18. The van der Waals surface area contributed by atoms with Crippen LogP contribution in [0.2, 0.25) is 0 Å². The van der Waals surface area contributed by atoms with Crippen molar-refractivity contribution in [3.63, 3.8) is 0 Å². The van der Waals surface area contributed by atoms with Gasteiger partial charge in [-0.2, -0.15) is 0 Å². The summed E-state index contributed by atoms with van der Waals surface area (Å²) >= 11 is 0. The molecule has 3 aromatic carbocycles. The van der Waals surface area contributed by atoms with Crippen LogP contribution in [0.1, 0.15) is 22.6 Å². The van der Waals surface area contributed by atoms with E-state index < -0.39 is 0 Å². The van der Waals surface area contributed by atoms with Crippen molar-refractivity contribution in [2.45, 2.75) is 5.92 Å². The maximum absolute atomic E-state index is 12.4. The molecular weight excluding hydrogens is 350 g/mol. The predicted octanol–water partition coefficient (Wildman–Crippen LogP) is 4.38. The van der Waals surface area contributed by atoms with E-state index in [9.17, 15) is 4.79 Å². The summed E-state index contributed by atoms with van der Waals surface area (Å²) in [5, 5.41) is 3.02. The van der Waals surface area contributed by atoms with Gasteiger partial charge in [0.2, 0.25) is 12.7 Å². The molecule has 0 bridgehead atoms. The van der Waals surface area contributed by atoms with E-state index in [2.05, 4.69) is 29.6 Å². The summed E-state index contributed by atoms with van der Waals surface area (Å²) in [5.74, 6) is 1.41. The van der Waals surface area contributed by atoms with Gasteiger partial charge in [0, 0.05) is 18.5 Å². The first-order chi connectivity index (χ1) is 13.8. The van der Waals surface area contributed by atoms with Crippen molar-refractivity contribution >= 4 is 12.0 Å². The topological polar surface area (TPSA) is 47.6 Å². The standard InChI is InChI=1S/C24H21NO3/c26-24(14-12-18-11-13-22-23(15-18)28-17-27-22)25-16-21(19-7-3-1-4-8-19)20-9-5-2-6-10-20/h1-15,21H,16-17H2,(H,25,26)/b14-12+. The Labute approximate surface area is 164 Å². The van der Waals surface area contributed by atoms with Crippen molar-refractivity contribution in [1.29, 1.82) is 0 Å². The zero-order chi connectivity index (χ0) is 19.2. The van der Waals surface area contributed by atoms with Crippen LogP contribution in [0.5, 0.6) is 11.5 Å². The first-order valence-electron chi connectivity index (χ1n) is 9.25. The van der Waals surface area contributed by atoms with Crippen LogP contribution >= 0.6 is 0 Å². The normalized spacial score (nSPS) is 12.5. The molecule has 0 radical (unpaired) electrons. The summed E-state index contributed by atoms with van der Waals surface area (Å²) in [7, 11) is 0.